The molecule has 1 aliphatic heterocycles. The summed E-state index contributed by atoms with van der Waals surface area (Å²) in [5.74, 6) is 0.864. The van der Waals surface area contributed by atoms with Gasteiger partial charge in [0.25, 0.3) is 0 Å². The average Bonchev–Trinajstić information content (AvgIpc) is 3.23. The first kappa shape index (κ1) is 23.2. The monoisotopic (exact) mass is 450 g/mol. The third kappa shape index (κ3) is 5.19. The van der Waals surface area contributed by atoms with Crippen molar-refractivity contribution in [1.29, 1.82) is 0 Å². The van der Waals surface area contributed by atoms with Gasteiger partial charge in [-0.1, -0.05) is 24.3 Å². The van der Waals surface area contributed by atoms with Crippen LogP contribution in [0.5, 0.6) is 0 Å². The molecule has 0 saturated heterocycles. The molecule has 3 aromatic rings. The molecule has 6 N–H and O–H groups in total. The maximum absolute atomic E-state index is 12.5. The van der Waals surface area contributed by atoms with E-state index in [1.165, 1.54) is 11.1 Å². The molecule has 0 spiro atoms. The minimum atomic E-state index is -0.106. The van der Waals surface area contributed by atoms with Gasteiger partial charge in [-0.2, -0.15) is 0 Å². The zero-order chi connectivity index (χ0) is 23.2. The molecule has 0 fully saturated rings. The van der Waals surface area contributed by atoms with Crippen molar-refractivity contribution in [1.82, 2.24) is 20.2 Å². The number of carbonyl (C=O) groups excluding carboxylic acids is 1. The first-order valence-corrected chi connectivity index (χ1v) is 11.8. The van der Waals surface area contributed by atoms with Crippen LogP contribution in [-0.4, -0.2) is 52.7 Å². The first-order valence-electron chi connectivity index (χ1n) is 11.8. The van der Waals surface area contributed by atoms with Crippen LogP contribution in [0.15, 0.2) is 36.4 Å². The molecule has 4 rings (SSSR count). The van der Waals surface area contributed by atoms with E-state index in [2.05, 4.69) is 33.8 Å². The van der Waals surface area contributed by atoms with Crippen molar-refractivity contribution in [3.8, 4) is 0 Å². The van der Waals surface area contributed by atoms with E-state index in [1.807, 2.05) is 25.2 Å². The summed E-state index contributed by atoms with van der Waals surface area (Å²) in [5.41, 5.74) is 12.0. The number of amides is 2. The number of aryl methyl sites for hydroxylation is 1. The average molecular weight is 451 g/mol. The molecule has 1 unspecified atom stereocenters. The SMILES string of the molecule is CN1C(=O)Nc2ccccc2C1Cc1nc2c(CCCCO)c(CNCCCN)ccc2[nH]1. The highest BCUT2D eigenvalue weighted by atomic mass is 16.3. The molecule has 0 saturated carbocycles. The van der Waals surface area contributed by atoms with Gasteiger partial charge in [0.05, 0.1) is 17.1 Å². The van der Waals surface area contributed by atoms with E-state index < -0.39 is 0 Å². The number of hydrogen-bond acceptors (Lipinski definition) is 5. The van der Waals surface area contributed by atoms with Gasteiger partial charge >= 0.3 is 6.03 Å². The number of urea groups is 1. The number of aromatic amines is 1. The first-order chi connectivity index (χ1) is 16.1. The van der Waals surface area contributed by atoms with E-state index in [1.54, 1.807) is 4.90 Å². The van der Waals surface area contributed by atoms with Gasteiger partial charge in [0.15, 0.2) is 0 Å². The maximum Gasteiger partial charge on any atom is 0.322 e. The predicted octanol–water partition coefficient (Wildman–Crippen LogP) is 3.08. The zero-order valence-corrected chi connectivity index (χ0v) is 19.2. The number of nitrogens with two attached hydrogens (primary N) is 1. The van der Waals surface area contributed by atoms with Gasteiger partial charge in [0.1, 0.15) is 5.82 Å². The topological polar surface area (TPSA) is 119 Å². The van der Waals surface area contributed by atoms with Gasteiger partial charge in [-0.05, 0) is 67.6 Å². The normalized spacial score (nSPS) is 15.7. The molecule has 2 aromatic carbocycles. The molecule has 2 heterocycles. The van der Waals surface area contributed by atoms with Gasteiger partial charge < -0.3 is 31.4 Å². The Labute approximate surface area is 194 Å². The molecule has 0 aliphatic carbocycles. The third-order valence-corrected chi connectivity index (χ3v) is 6.35. The number of anilines is 1. The molecule has 1 aliphatic rings. The summed E-state index contributed by atoms with van der Waals surface area (Å²) in [5, 5.41) is 15.7. The summed E-state index contributed by atoms with van der Waals surface area (Å²) in [6.45, 7) is 2.52. The van der Waals surface area contributed by atoms with Crippen molar-refractivity contribution in [3.63, 3.8) is 0 Å². The van der Waals surface area contributed by atoms with Crippen molar-refractivity contribution >= 4 is 22.8 Å². The number of aliphatic hydroxyl groups excluding tert-OH is 1. The largest absolute Gasteiger partial charge is 0.396 e. The molecule has 0 bridgehead atoms. The lowest BCUT2D eigenvalue weighted by Crippen LogP contribution is -2.40. The Morgan fingerprint density at radius 3 is 2.85 bits per heavy atom. The van der Waals surface area contributed by atoms with Crippen molar-refractivity contribution in [3.05, 3.63) is 58.9 Å². The molecular formula is C25H34N6O2. The van der Waals surface area contributed by atoms with Crippen LogP contribution in [-0.2, 0) is 19.4 Å². The zero-order valence-electron chi connectivity index (χ0n) is 19.2. The fourth-order valence-electron chi connectivity index (χ4n) is 4.51. The second-order valence-corrected chi connectivity index (χ2v) is 8.63. The van der Waals surface area contributed by atoms with E-state index in [0.717, 1.165) is 66.9 Å². The van der Waals surface area contributed by atoms with Gasteiger partial charge in [0, 0.05) is 32.3 Å². The number of imidazole rings is 1. The van der Waals surface area contributed by atoms with Gasteiger partial charge in [-0.3, -0.25) is 0 Å². The Kier molecular flexibility index (Phi) is 7.59. The molecule has 33 heavy (non-hydrogen) atoms. The van der Waals surface area contributed by atoms with Crippen LogP contribution in [0.25, 0.3) is 11.0 Å². The van der Waals surface area contributed by atoms with Crippen LogP contribution < -0.4 is 16.4 Å². The fourth-order valence-corrected chi connectivity index (χ4v) is 4.51. The van der Waals surface area contributed by atoms with Crippen molar-refractivity contribution < 1.29 is 9.90 Å². The number of carbonyl (C=O) groups is 1. The number of aromatic nitrogens is 2. The lowest BCUT2D eigenvalue weighted by molar-refractivity contribution is 0.200. The number of nitrogens with one attached hydrogen (secondary N) is 3. The number of rotatable bonds is 11. The minimum Gasteiger partial charge on any atom is -0.396 e. The van der Waals surface area contributed by atoms with Crippen LogP contribution in [0.2, 0.25) is 0 Å². The summed E-state index contributed by atoms with van der Waals surface area (Å²) in [6.07, 6.45) is 4.10. The Balaban J connectivity index is 1.63. The number of H-pyrrole nitrogens is 1. The highest BCUT2D eigenvalue weighted by Gasteiger charge is 2.30. The van der Waals surface area contributed by atoms with E-state index in [0.29, 0.717) is 13.0 Å². The number of hydrogen-bond donors (Lipinski definition) is 5. The molecule has 8 heteroatoms. The van der Waals surface area contributed by atoms with E-state index >= 15 is 0 Å². The van der Waals surface area contributed by atoms with Crippen molar-refractivity contribution in [2.24, 2.45) is 5.73 Å². The molecule has 1 atom stereocenters. The molecule has 176 valence electrons. The summed E-state index contributed by atoms with van der Waals surface area (Å²) >= 11 is 0. The van der Waals surface area contributed by atoms with Crippen LogP contribution >= 0.6 is 0 Å². The summed E-state index contributed by atoms with van der Waals surface area (Å²) < 4.78 is 0. The number of nitrogens with zero attached hydrogens (tertiary/aromatic N) is 2. The Morgan fingerprint density at radius 2 is 2.03 bits per heavy atom. The van der Waals surface area contributed by atoms with Crippen LogP contribution in [0.1, 0.15) is 47.8 Å². The van der Waals surface area contributed by atoms with Crippen molar-refractivity contribution in [2.45, 2.75) is 44.7 Å². The van der Waals surface area contributed by atoms with Crippen LogP contribution in [0.4, 0.5) is 10.5 Å². The van der Waals surface area contributed by atoms with Gasteiger partial charge in [0.2, 0.25) is 0 Å². The lowest BCUT2D eigenvalue weighted by atomic mass is 9.98. The second-order valence-electron chi connectivity index (χ2n) is 8.63. The number of unbranched alkanes of at least 4 members (excludes halogenated alkanes) is 1. The number of aliphatic hydroxyl groups is 1. The highest BCUT2D eigenvalue weighted by molar-refractivity contribution is 5.93. The number of para-hydroxylation sites is 1. The van der Waals surface area contributed by atoms with Crippen LogP contribution in [0.3, 0.4) is 0 Å². The molecule has 8 nitrogen and oxygen atoms in total. The number of likely N-dealkylation sites (N-methyl/N-ethyl adjacent to an activating group) is 1. The predicted molar refractivity (Wildman–Crippen MR) is 131 cm³/mol. The molecular weight excluding hydrogens is 416 g/mol. The number of fused-ring (bicyclic) bond motifs is 2. The summed E-state index contributed by atoms with van der Waals surface area (Å²) in [4.78, 5) is 22.7. The smallest absolute Gasteiger partial charge is 0.322 e. The Morgan fingerprint density at radius 1 is 1.18 bits per heavy atom. The van der Waals surface area contributed by atoms with Gasteiger partial charge in [-0.25, -0.2) is 9.78 Å². The summed E-state index contributed by atoms with van der Waals surface area (Å²) in [6, 6.07) is 12.0. The molecule has 0 radical (unpaired) electrons. The fraction of sp³-hybridized carbons (Fsp3) is 0.440. The highest BCUT2D eigenvalue weighted by Crippen LogP contribution is 2.34. The molecule has 1 aromatic heterocycles. The van der Waals surface area contributed by atoms with E-state index in [-0.39, 0.29) is 18.7 Å². The Bertz CT molecular complexity index is 1100. The van der Waals surface area contributed by atoms with Crippen molar-refractivity contribution in [2.75, 3.05) is 32.1 Å². The standard InChI is InChI=1S/C25H34N6O2/c1-31-22(19-8-2-3-9-20(19)29-25(31)33)15-23-28-21-11-10-17(16-27-13-6-12-26)18(24(21)30-23)7-4-5-14-32/h2-3,8-11,22,27,32H,4-7,12-16,26H2,1H3,(H,28,30)(H,29,33). The maximum atomic E-state index is 12.5. The van der Waals surface area contributed by atoms with E-state index in [4.69, 9.17) is 10.7 Å². The minimum absolute atomic E-state index is 0.0919. The lowest BCUT2D eigenvalue weighted by Gasteiger charge is -2.34. The third-order valence-electron chi connectivity index (χ3n) is 6.35. The summed E-state index contributed by atoms with van der Waals surface area (Å²) in [7, 11) is 1.82. The van der Waals surface area contributed by atoms with Gasteiger partial charge in [-0.15, -0.1) is 0 Å². The number of benzene rings is 2. The second kappa shape index (κ2) is 10.8. The molecule has 2 amide bonds. The quantitative estimate of drug-likeness (QED) is 0.288. The van der Waals surface area contributed by atoms with Crippen LogP contribution in [0, 0.1) is 0 Å². The van der Waals surface area contributed by atoms with E-state index in [9.17, 15) is 9.90 Å². The Hall–Kier alpha value is -2.94.